The standard InChI is InChI=1S/C21H20N2O5S/c1-13-7-8-17(14(2)9-13)22-19(24)11-29(27,28)12-20(25)23-18-10-15-5-3-4-6-16(15)21(18)26/h3-10H,11-12H2,1-2H3,(H,22,24)(H,23,25,26). The highest BCUT2D eigenvalue weighted by molar-refractivity contribution is 7.92. The second-order valence-corrected chi connectivity index (χ2v) is 8.99. The van der Waals surface area contributed by atoms with Crippen LogP contribution in [-0.2, 0) is 19.4 Å². The smallest absolute Gasteiger partial charge is 0.239 e. The summed E-state index contributed by atoms with van der Waals surface area (Å²) >= 11 is 0. The number of fused-ring (bicyclic) bond motifs is 1. The highest BCUT2D eigenvalue weighted by atomic mass is 32.2. The predicted molar refractivity (Wildman–Crippen MR) is 110 cm³/mol. The molecule has 1 aliphatic rings. The highest BCUT2D eigenvalue weighted by Crippen LogP contribution is 2.23. The molecule has 0 spiro atoms. The minimum absolute atomic E-state index is 0.0196. The number of aryl methyl sites for hydroxylation is 2. The molecule has 2 aromatic carbocycles. The van der Waals surface area contributed by atoms with Crippen molar-refractivity contribution >= 4 is 39.2 Å². The molecule has 0 bridgehead atoms. The number of benzene rings is 2. The molecule has 2 aromatic rings. The van der Waals surface area contributed by atoms with Crippen LogP contribution < -0.4 is 10.6 Å². The Bertz CT molecular complexity index is 1150. The molecule has 29 heavy (non-hydrogen) atoms. The van der Waals surface area contributed by atoms with Crippen molar-refractivity contribution in [2.75, 3.05) is 16.8 Å². The van der Waals surface area contributed by atoms with Gasteiger partial charge in [0.1, 0.15) is 11.5 Å². The quantitative estimate of drug-likeness (QED) is 0.754. The van der Waals surface area contributed by atoms with E-state index < -0.39 is 33.2 Å². The average Bonchev–Trinajstić information content (AvgIpc) is 2.92. The van der Waals surface area contributed by atoms with Crippen LogP contribution in [-0.4, -0.2) is 37.5 Å². The molecule has 2 N–H and O–H groups in total. The molecule has 3 rings (SSSR count). The van der Waals surface area contributed by atoms with Gasteiger partial charge in [-0.15, -0.1) is 0 Å². The molecule has 150 valence electrons. The lowest BCUT2D eigenvalue weighted by Crippen LogP contribution is -2.34. The molecule has 1 aliphatic carbocycles. The fourth-order valence-corrected chi connectivity index (χ4v) is 4.11. The third kappa shape index (κ3) is 4.97. The second kappa shape index (κ2) is 8.00. The lowest BCUT2D eigenvalue weighted by atomic mass is 10.1. The zero-order valence-corrected chi connectivity index (χ0v) is 16.8. The zero-order valence-electron chi connectivity index (χ0n) is 16.0. The SMILES string of the molecule is Cc1ccc(NC(=O)CS(=O)(=O)CC(=O)NC2=Cc3ccccc3C2=O)c(C)c1. The number of carbonyl (C=O) groups is 3. The number of sulfone groups is 1. The maximum Gasteiger partial charge on any atom is 0.239 e. The molecule has 0 atom stereocenters. The summed E-state index contributed by atoms with van der Waals surface area (Å²) in [6, 6.07) is 12.2. The molecule has 0 unspecified atom stereocenters. The minimum Gasteiger partial charge on any atom is -0.325 e. The number of hydrogen-bond acceptors (Lipinski definition) is 5. The van der Waals surface area contributed by atoms with Gasteiger partial charge in [-0.3, -0.25) is 14.4 Å². The largest absolute Gasteiger partial charge is 0.325 e. The lowest BCUT2D eigenvalue weighted by molar-refractivity contribution is -0.117. The van der Waals surface area contributed by atoms with Gasteiger partial charge in [0.2, 0.25) is 17.6 Å². The Hall–Kier alpha value is -3.26. The van der Waals surface area contributed by atoms with E-state index in [1.807, 2.05) is 13.0 Å². The van der Waals surface area contributed by atoms with Crippen molar-refractivity contribution in [3.63, 3.8) is 0 Å². The lowest BCUT2D eigenvalue weighted by Gasteiger charge is -2.10. The van der Waals surface area contributed by atoms with E-state index in [0.717, 1.165) is 11.1 Å². The van der Waals surface area contributed by atoms with Crippen LogP contribution in [0.1, 0.15) is 27.0 Å². The fraction of sp³-hybridized carbons (Fsp3) is 0.190. The van der Waals surface area contributed by atoms with Crippen LogP contribution in [0.5, 0.6) is 0 Å². The molecule has 8 heteroatoms. The number of ketones is 1. The fourth-order valence-electron chi connectivity index (χ4n) is 3.07. The molecule has 0 saturated carbocycles. The number of anilines is 1. The number of Topliss-reactive ketones (excluding diaryl/α,β-unsaturated/α-hetero) is 1. The van der Waals surface area contributed by atoms with E-state index in [0.29, 0.717) is 16.8 Å². The molecule has 0 saturated heterocycles. The van der Waals surface area contributed by atoms with E-state index in [2.05, 4.69) is 10.6 Å². The summed E-state index contributed by atoms with van der Waals surface area (Å²) in [4.78, 5) is 36.5. The van der Waals surface area contributed by atoms with Crippen LogP contribution in [0.3, 0.4) is 0 Å². The van der Waals surface area contributed by atoms with Crippen molar-refractivity contribution in [1.29, 1.82) is 0 Å². The summed E-state index contributed by atoms with van der Waals surface area (Å²) in [5.41, 5.74) is 3.45. The van der Waals surface area contributed by atoms with Crippen molar-refractivity contribution in [1.82, 2.24) is 5.32 Å². The molecule has 2 amide bonds. The Morgan fingerprint density at radius 2 is 1.59 bits per heavy atom. The average molecular weight is 412 g/mol. The Kier molecular flexibility index (Phi) is 5.65. The van der Waals surface area contributed by atoms with Crippen LogP contribution in [0.25, 0.3) is 6.08 Å². The van der Waals surface area contributed by atoms with E-state index in [9.17, 15) is 22.8 Å². The van der Waals surface area contributed by atoms with Crippen LogP contribution in [0.4, 0.5) is 5.69 Å². The van der Waals surface area contributed by atoms with Gasteiger partial charge in [-0.25, -0.2) is 8.42 Å². The van der Waals surface area contributed by atoms with Gasteiger partial charge in [0.05, 0.1) is 5.70 Å². The van der Waals surface area contributed by atoms with Crippen molar-refractivity contribution in [3.05, 3.63) is 70.4 Å². The van der Waals surface area contributed by atoms with Gasteiger partial charge in [0.15, 0.2) is 9.84 Å². The number of rotatable bonds is 6. The van der Waals surface area contributed by atoms with E-state index >= 15 is 0 Å². The van der Waals surface area contributed by atoms with Crippen LogP contribution in [0.2, 0.25) is 0 Å². The van der Waals surface area contributed by atoms with Gasteiger partial charge in [0.25, 0.3) is 0 Å². The Balaban J connectivity index is 1.58. The summed E-state index contributed by atoms with van der Waals surface area (Å²) in [5, 5.41) is 4.88. The van der Waals surface area contributed by atoms with Gasteiger partial charge in [-0.2, -0.15) is 0 Å². The number of allylic oxidation sites excluding steroid dienone is 1. The molecule has 0 aliphatic heterocycles. The molecule has 0 radical (unpaired) electrons. The first-order valence-electron chi connectivity index (χ1n) is 8.87. The van der Waals surface area contributed by atoms with Crippen molar-refractivity contribution in [3.8, 4) is 0 Å². The molecule has 7 nitrogen and oxygen atoms in total. The predicted octanol–water partition coefficient (Wildman–Crippen LogP) is 2.01. The summed E-state index contributed by atoms with van der Waals surface area (Å²) in [6.45, 7) is 3.71. The number of nitrogens with one attached hydrogen (secondary N) is 2. The normalized spacial score (nSPS) is 12.9. The van der Waals surface area contributed by atoms with Gasteiger partial charge in [-0.05, 0) is 37.1 Å². The highest BCUT2D eigenvalue weighted by Gasteiger charge is 2.26. The zero-order chi connectivity index (χ0) is 21.2. The van der Waals surface area contributed by atoms with Gasteiger partial charge in [0, 0.05) is 11.3 Å². The van der Waals surface area contributed by atoms with Crippen molar-refractivity contribution in [2.45, 2.75) is 13.8 Å². The number of carbonyl (C=O) groups excluding carboxylic acids is 3. The summed E-state index contributed by atoms with van der Waals surface area (Å²) < 4.78 is 24.5. The molecule has 0 fully saturated rings. The summed E-state index contributed by atoms with van der Waals surface area (Å²) in [7, 11) is -4.01. The van der Waals surface area contributed by atoms with E-state index in [1.165, 1.54) is 6.08 Å². The Morgan fingerprint density at radius 3 is 2.24 bits per heavy atom. The van der Waals surface area contributed by atoms with E-state index in [1.54, 1.807) is 43.3 Å². The van der Waals surface area contributed by atoms with E-state index in [4.69, 9.17) is 0 Å². The van der Waals surface area contributed by atoms with E-state index in [-0.39, 0.29) is 11.5 Å². The maximum atomic E-state index is 12.2. The molecule has 0 aromatic heterocycles. The van der Waals surface area contributed by atoms with Crippen molar-refractivity contribution < 1.29 is 22.8 Å². The maximum absolute atomic E-state index is 12.2. The van der Waals surface area contributed by atoms with Gasteiger partial charge in [-0.1, -0.05) is 42.0 Å². The van der Waals surface area contributed by atoms with Gasteiger partial charge >= 0.3 is 0 Å². The van der Waals surface area contributed by atoms with Gasteiger partial charge < -0.3 is 10.6 Å². The van der Waals surface area contributed by atoms with Crippen LogP contribution in [0.15, 0.2) is 48.2 Å². The Labute approximate surface area is 168 Å². The third-order valence-electron chi connectivity index (χ3n) is 4.38. The van der Waals surface area contributed by atoms with Crippen LogP contribution >= 0.6 is 0 Å². The topological polar surface area (TPSA) is 109 Å². The summed E-state index contributed by atoms with van der Waals surface area (Å²) in [6.07, 6.45) is 1.50. The first-order chi connectivity index (χ1) is 13.6. The second-order valence-electron chi connectivity index (χ2n) is 6.92. The minimum atomic E-state index is -4.01. The molecular formula is C21H20N2O5S. The molecule has 0 heterocycles. The summed E-state index contributed by atoms with van der Waals surface area (Å²) in [5.74, 6) is -3.70. The number of amides is 2. The molecular weight excluding hydrogens is 392 g/mol. The Morgan fingerprint density at radius 1 is 0.931 bits per heavy atom. The first-order valence-corrected chi connectivity index (χ1v) is 10.7. The van der Waals surface area contributed by atoms with Crippen LogP contribution in [0, 0.1) is 13.8 Å². The van der Waals surface area contributed by atoms with Crippen molar-refractivity contribution in [2.24, 2.45) is 0 Å². The first kappa shape index (κ1) is 20.5. The third-order valence-corrected chi connectivity index (χ3v) is 5.79. The number of hydrogen-bond donors (Lipinski definition) is 2. The monoisotopic (exact) mass is 412 g/mol.